The van der Waals surface area contributed by atoms with Crippen molar-refractivity contribution in [3.05, 3.63) is 36.0 Å². The van der Waals surface area contributed by atoms with E-state index >= 15 is 0 Å². The molecule has 0 saturated heterocycles. The largest absolute Gasteiger partial charge is 0.478 e. The molecule has 2 aromatic rings. The van der Waals surface area contributed by atoms with Gasteiger partial charge in [-0.25, -0.2) is 4.98 Å². The van der Waals surface area contributed by atoms with Gasteiger partial charge in [-0.1, -0.05) is 18.2 Å². The van der Waals surface area contributed by atoms with Crippen LogP contribution in [0.2, 0.25) is 0 Å². The summed E-state index contributed by atoms with van der Waals surface area (Å²) in [4.78, 5) is 4.19. The standard InChI is InChI=1S/C12H13NO2/c1-2-15-12-11-6-4-3-5-10(11)9(8-14)7-13-12/h3-7,14H,2,8H2,1H3. The Hall–Kier alpha value is -1.61. The number of rotatable bonds is 3. The summed E-state index contributed by atoms with van der Waals surface area (Å²) in [6.07, 6.45) is 1.66. The lowest BCUT2D eigenvalue weighted by molar-refractivity contribution is 0.282. The van der Waals surface area contributed by atoms with Gasteiger partial charge in [-0.15, -0.1) is 0 Å². The van der Waals surface area contributed by atoms with Crippen molar-refractivity contribution in [3.8, 4) is 5.88 Å². The lowest BCUT2D eigenvalue weighted by atomic mass is 10.1. The van der Waals surface area contributed by atoms with Gasteiger partial charge in [-0.2, -0.15) is 0 Å². The molecule has 1 N–H and O–H groups in total. The molecule has 0 aliphatic carbocycles. The Labute approximate surface area is 88.3 Å². The van der Waals surface area contributed by atoms with E-state index in [1.54, 1.807) is 6.20 Å². The van der Waals surface area contributed by atoms with E-state index in [1.807, 2.05) is 31.2 Å². The highest BCUT2D eigenvalue weighted by molar-refractivity contribution is 5.89. The second kappa shape index (κ2) is 4.28. The van der Waals surface area contributed by atoms with Crippen molar-refractivity contribution in [1.82, 2.24) is 4.98 Å². The minimum atomic E-state index is -0.0000810. The maximum absolute atomic E-state index is 9.18. The summed E-state index contributed by atoms with van der Waals surface area (Å²) in [7, 11) is 0. The van der Waals surface area contributed by atoms with Gasteiger partial charge in [0.25, 0.3) is 0 Å². The van der Waals surface area contributed by atoms with Crippen LogP contribution in [0.25, 0.3) is 10.8 Å². The molecule has 2 rings (SSSR count). The van der Waals surface area contributed by atoms with E-state index in [9.17, 15) is 5.11 Å². The number of aliphatic hydroxyl groups excluding tert-OH is 1. The maximum Gasteiger partial charge on any atom is 0.221 e. The Bertz CT molecular complexity index is 468. The fourth-order valence-corrected chi connectivity index (χ4v) is 1.60. The first kappa shape index (κ1) is 9.93. The van der Waals surface area contributed by atoms with Crippen LogP contribution in [0.5, 0.6) is 5.88 Å². The van der Waals surface area contributed by atoms with Crippen LogP contribution < -0.4 is 4.74 Å². The third-order valence-corrected chi connectivity index (χ3v) is 2.29. The fraction of sp³-hybridized carbons (Fsp3) is 0.250. The molecule has 15 heavy (non-hydrogen) atoms. The summed E-state index contributed by atoms with van der Waals surface area (Å²) in [5.74, 6) is 0.630. The number of benzene rings is 1. The summed E-state index contributed by atoms with van der Waals surface area (Å²) < 4.78 is 5.43. The van der Waals surface area contributed by atoms with E-state index in [1.165, 1.54) is 0 Å². The summed E-state index contributed by atoms with van der Waals surface area (Å²) in [6.45, 7) is 2.52. The molecule has 0 radical (unpaired) electrons. The average Bonchev–Trinajstić information content (AvgIpc) is 2.30. The van der Waals surface area contributed by atoms with Gasteiger partial charge in [0.1, 0.15) is 0 Å². The van der Waals surface area contributed by atoms with Gasteiger partial charge in [0.2, 0.25) is 5.88 Å². The van der Waals surface area contributed by atoms with E-state index < -0.39 is 0 Å². The molecule has 0 aliphatic heterocycles. The van der Waals surface area contributed by atoms with Crippen LogP contribution in [0.4, 0.5) is 0 Å². The number of pyridine rings is 1. The molecule has 1 aromatic carbocycles. The highest BCUT2D eigenvalue weighted by Crippen LogP contribution is 2.25. The molecule has 3 heteroatoms. The predicted octanol–water partition coefficient (Wildman–Crippen LogP) is 2.13. The number of aromatic nitrogens is 1. The lowest BCUT2D eigenvalue weighted by Crippen LogP contribution is -1.97. The first-order valence-electron chi connectivity index (χ1n) is 4.97. The third-order valence-electron chi connectivity index (χ3n) is 2.29. The zero-order chi connectivity index (χ0) is 10.7. The Morgan fingerprint density at radius 2 is 2.00 bits per heavy atom. The van der Waals surface area contributed by atoms with E-state index in [4.69, 9.17) is 4.74 Å². The second-order valence-electron chi connectivity index (χ2n) is 3.23. The van der Waals surface area contributed by atoms with Crippen molar-refractivity contribution in [2.75, 3.05) is 6.61 Å². The Kier molecular flexibility index (Phi) is 2.83. The number of fused-ring (bicyclic) bond motifs is 1. The van der Waals surface area contributed by atoms with Crippen molar-refractivity contribution < 1.29 is 9.84 Å². The van der Waals surface area contributed by atoms with Crippen molar-refractivity contribution in [2.24, 2.45) is 0 Å². The van der Waals surface area contributed by atoms with E-state index in [-0.39, 0.29) is 6.61 Å². The highest BCUT2D eigenvalue weighted by Gasteiger charge is 2.06. The first-order chi connectivity index (χ1) is 7.36. The van der Waals surface area contributed by atoms with Crippen molar-refractivity contribution in [2.45, 2.75) is 13.5 Å². The smallest absolute Gasteiger partial charge is 0.221 e. The van der Waals surface area contributed by atoms with E-state index in [0.29, 0.717) is 12.5 Å². The van der Waals surface area contributed by atoms with Crippen LogP contribution >= 0.6 is 0 Å². The summed E-state index contributed by atoms with van der Waals surface area (Å²) in [6, 6.07) is 7.79. The van der Waals surface area contributed by atoms with Gasteiger partial charge in [-0.3, -0.25) is 0 Å². The molecule has 0 amide bonds. The molecule has 0 atom stereocenters. The van der Waals surface area contributed by atoms with Crippen LogP contribution in [0.3, 0.4) is 0 Å². The van der Waals surface area contributed by atoms with Crippen molar-refractivity contribution in [3.63, 3.8) is 0 Å². The number of hydrogen-bond acceptors (Lipinski definition) is 3. The maximum atomic E-state index is 9.18. The summed E-state index contributed by atoms with van der Waals surface area (Å²) in [5.41, 5.74) is 0.828. The highest BCUT2D eigenvalue weighted by atomic mass is 16.5. The number of ether oxygens (including phenoxy) is 1. The van der Waals surface area contributed by atoms with Crippen LogP contribution in [-0.2, 0) is 6.61 Å². The van der Waals surface area contributed by atoms with Crippen LogP contribution in [0.1, 0.15) is 12.5 Å². The molecule has 0 saturated carbocycles. The van der Waals surface area contributed by atoms with E-state index in [0.717, 1.165) is 16.3 Å². The quantitative estimate of drug-likeness (QED) is 0.830. The monoisotopic (exact) mass is 203 g/mol. The average molecular weight is 203 g/mol. The molecule has 0 spiro atoms. The third kappa shape index (κ3) is 1.78. The number of hydrogen-bond donors (Lipinski definition) is 1. The van der Waals surface area contributed by atoms with Gasteiger partial charge in [0.15, 0.2) is 0 Å². The summed E-state index contributed by atoms with van der Waals surface area (Å²) in [5, 5.41) is 11.1. The van der Waals surface area contributed by atoms with E-state index in [2.05, 4.69) is 4.98 Å². The zero-order valence-electron chi connectivity index (χ0n) is 8.60. The summed E-state index contributed by atoms with van der Waals surface area (Å²) >= 11 is 0. The molecule has 0 fully saturated rings. The first-order valence-corrected chi connectivity index (χ1v) is 4.97. The van der Waals surface area contributed by atoms with Crippen LogP contribution in [0, 0.1) is 0 Å². The van der Waals surface area contributed by atoms with Gasteiger partial charge in [0, 0.05) is 17.1 Å². The Balaban J connectivity index is 2.66. The Morgan fingerprint density at radius 3 is 2.67 bits per heavy atom. The zero-order valence-corrected chi connectivity index (χ0v) is 8.60. The molecule has 0 aliphatic rings. The van der Waals surface area contributed by atoms with Gasteiger partial charge in [0.05, 0.1) is 13.2 Å². The SMILES string of the molecule is CCOc1ncc(CO)c2ccccc12. The minimum absolute atomic E-state index is 0.0000810. The normalized spacial score (nSPS) is 10.5. The van der Waals surface area contributed by atoms with Crippen molar-refractivity contribution in [1.29, 1.82) is 0 Å². The molecular weight excluding hydrogens is 190 g/mol. The minimum Gasteiger partial charge on any atom is -0.478 e. The molecule has 0 bridgehead atoms. The number of nitrogens with zero attached hydrogens (tertiary/aromatic N) is 1. The predicted molar refractivity (Wildman–Crippen MR) is 58.8 cm³/mol. The van der Waals surface area contributed by atoms with Crippen LogP contribution in [-0.4, -0.2) is 16.7 Å². The molecule has 78 valence electrons. The fourth-order valence-electron chi connectivity index (χ4n) is 1.60. The number of aliphatic hydroxyl groups is 1. The lowest BCUT2D eigenvalue weighted by Gasteiger charge is -2.08. The van der Waals surface area contributed by atoms with Crippen LogP contribution in [0.15, 0.2) is 30.5 Å². The molecule has 1 heterocycles. The second-order valence-corrected chi connectivity index (χ2v) is 3.23. The molecule has 3 nitrogen and oxygen atoms in total. The van der Waals surface area contributed by atoms with Crippen molar-refractivity contribution >= 4 is 10.8 Å². The molecule has 0 unspecified atom stereocenters. The molecule has 1 aromatic heterocycles. The van der Waals surface area contributed by atoms with Gasteiger partial charge >= 0.3 is 0 Å². The molecular formula is C12H13NO2. The Morgan fingerprint density at radius 1 is 1.27 bits per heavy atom. The topological polar surface area (TPSA) is 42.4 Å². The van der Waals surface area contributed by atoms with Gasteiger partial charge < -0.3 is 9.84 Å². The van der Waals surface area contributed by atoms with Gasteiger partial charge in [-0.05, 0) is 18.4 Å².